The van der Waals surface area contributed by atoms with Gasteiger partial charge in [-0.1, -0.05) is 51.5 Å². The van der Waals surface area contributed by atoms with Gasteiger partial charge >= 0.3 is 0 Å². The van der Waals surface area contributed by atoms with Gasteiger partial charge in [-0.15, -0.1) is 0 Å². The van der Waals surface area contributed by atoms with E-state index in [1.54, 1.807) is 6.07 Å². The lowest BCUT2D eigenvalue weighted by Crippen LogP contribution is -2.51. The van der Waals surface area contributed by atoms with Crippen LogP contribution < -0.4 is 0 Å². The summed E-state index contributed by atoms with van der Waals surface area (Å²) in [5, 5.41) is 0. The molecule has 0 amide bonds. The Morgan fingerprint density at radius 3 is 1.76 bits per heavy atom. The molecule has 1 rings (SSSR count). The van der Waals surface area contributed by atoms with Crippen molar-refractivity contribution < 1.29 is 23.0 Å². The van der Waals surface area contributed by atoms with Crippen molar-refractivity contribution in [2.24, 2.45) is 5.92 Å². The smallest absolute Gasteiger partial charge is 0.286 e. The van der Waals surface area contributed by atoms with Crippen LogP contribution >= 0.6 is 0 Å². The molecule has 1 atom stereocenters. The summed E-state index contributed by atoms with van der Waals surface area (Å²) in [5.41, 5.74) is 0.541. The molecule has 0 aliphatic heterocycles. The van der Waals surface area contributed by atoms with Crippen molar-refractivity contribution in [2.45, 2.75) is 137 Å². The van der Waals surface area contributed by atoms with Crippen molar-refractivity contribution in [3.63, 3.8) is 0 Å². The number of halogens is 2. The molecule has 0 aliphatic rings. The standard InChI is InChI=1S/C28H48F2O3/c1-8-9-10-11-12-13-16-25(17-14-15-24-18-19-26(29)20-27(24)30)28(31-21(2)3,32-22(4)5)33-23(6)7/h18-23,25H,8-17H2,1-7H3. The molecular weight excluding hydrogens is 422 g/mol. The van der Waals surface area contributed by atoms with Gasteiger partial charge in [0.25, 0.3) is 5.97 Å². The van der Waals surface area contributed by atoms with Crippen molar-refractivity contribution in [1.82, 2.24) is 0 Å². The summed E-state index contributed by atoms with van der Waals surface area (Å²) in [6.07, 6.45) is 10.0. The van der Waals surface area contributed by atoms with E-state index in [0.717, 1.165) is 31.7 Å². The topological polar surface area (TPSA) is 27.7 Å². The second kappa shape index (κ2) is 15.8. The second-order valence-corrected chi connectivity index (χ2v) is 9.98. The van der Waals surface area contributed by atoms with Gasteiger partial charge in [0.1, 0.15) is 11.6 Å². The number of rotatable bonds is 18. The zero-order valence-electron chi connectivity index (χ0n) is 22.1. The van der Waals surface area contributed by atoms with Crippen LogP contribution in [0.25, 0.3) is 0 Å². The summed E-state index contributed by atoms with van der Waals surface area (Å²) in [6, 6.07) is 3.82. The fourth-order valence-corrected chi connectivity index (χ4v) is 4.29. The first kappa shape index (κ1) is 30.0. The molecule has 5 heteroatoms. The third-order valence-electron chi connectivity index (χ3n) is 5.62. The molecule has 33 heavy (non-hydrogen) atoms. The summed E-state index contributed by atoms with van der Waals surface area (Å²) in [7, 11) is 0. The normalized spacial score (nSPS) is 13.5. The maximum absolute atomic E-state index is 14.2. The Balaban J connectivity index is 3.02. The fraction of sp³-hybridized carbons (Fsp3) is 0.786. The van der Waals surface area contributed by atoms with Gasteiger partial charge in [-0.3, -0.25) is 0 Å². The van der Waals surface area contributed by atoms with E-state index < -0.39 is 17.6 Å². The molecule has 0 aromatic heterocycles. The van der Waals surface area contributed by atoms with E-state index >= 15 is 0 Å². The highest BCUT2D eigenvalue weighted by Crippen LogP contribution is 2.37. The molecule has 1 aromatic carbocycles. The first-order valence-electron chi connectivity index (χ1n) is 13.1. The van der Waals surface area contributed by atoms with Crippen LogP contribution in [0.3, 0.4) is 0 Å². The predicted octanol–water partition coefficient (Wildman–Crippen LogP) is 8.58. The highest BCUT2D eigenvalue weighted by Gasteiger charge is 2.44. The van der Waals surface area contributed by atoms with Crippen molar-refractivity contribution in [3.8, 4) is 0 Å². The Kier molecular flexibility index (Phi) is 14.3. The first-order chi connectivity index (χ1) is 15.6. The average Bonchev–Trinajstić information content (AvgIpc) is 2.68. The molecule has 0 N–H and O–H groups in total. The Hall–Kier alpha value is -1.04. The van der Waals surface area contributed by atoms with E-state index in [4.69, 9.17) is 14.2 Å². The van der Waals surface area contributed by atoms with Crippen molar-refractivity contribution in [2.75, 3.05) is 0 Å². The van der Waals surface area contributed by atoms with Gasteiger partial charge in [0.15, 0.2) is 0 Å². The van der Waals surface area contributed by atoms with Crippen LogP contribution in [-0.4, -0.2) is 24.3 Å². The van der Waals surface area contributed by atoms with E-state index in [1.807, 2.05) is 41.5 Å². The lowest BCUT2D eigenvalue weighted by molar-refractivity contribution is -0.433. The number of hydrogen-bond donors (Lipinski definition) is 0. The van der Waals surface area contributed by atoms with Crippen LogP contribution in [0.4, 0.5) is 8.78 Å². The minimum Gasteiger partial charge on any atom is -0.324 e. The summed E-state index contributed by atoms with van der Waals surface area (Å²) < 4.78 is 46.6. The summed E-state index contributed by atoms with van der Waals surface area (Å²) >= 11 is 0. The van der Waals surface area contributed by atoms with Crippen molar-refractivity contribution >= 4 is 0 Å². The van der Waals surface area contributed by atoms with Crippen LogP contribution in [0.5, 0.6) is 0 Å². The Morgan fingerprint density at radius 1 is 0.727 bits per heavy atom. The molecule has 1 unspecified atom stereocenters. The minimum atomic E-state index is -1.14. The minimum absolute atomic E-state index is 0.0133. The molecule has 0 radical (unpaired) electrons. The molecule has 0 fully saturated rings. The van der Waals surface area contributed by atoms with Crippen LogP contribution in [0.1, 0.15) is 112 Å². The van der Waals surface area contributed by atoms with Gasteiger partial charge < -0.3 is 14.2 Å². The van der Waals surface area contributed by atoms with Gasteiger partial charge in [0.05, 0.1) is 18.3 Å². The molecule has 0 heterocycles. The zero-order valence-corrected chi connectivity index (χ0v) is 22.1. The quantitative estimate of drug-likeness (QED) is 0.159. The molecule has 0 aliphatic carbocycles. The Labute approximate surface area is 201 Å². The van der Waals surface area contributed by atoms with Crippen molar-refractivity contribution in [3.05, 3.63) is 35.4 Å². The van der Waals surface area contributed by atoms with Crippen LogP contribution in [0, 0.1) is 17.6 Å². The molecule has 0 saturated carbocycles. The van der Waals surface area contributed by atoms with E-state index in [9.17, 15) is 8.78 Å². The fourth-order valence-electron chi connectivity index (χ4n) is 4.29. The number of aryl methyl sites for hydroxylation is 1. The molecule has 0 bridgehead atoms. The van der Waals surface area contributed by atoms with E-state index in [-0.39, 0.29) is 24.2 Å². The molecule has 0 saturated heterocycles. The largest absolute Gasteiger partial charge is 0.324 e. The molecule has 0 spiro atoms. The maximum Gasteiger partial charge on any atom is 0.286 e. The SMILES string of the molecule is CCCCCCCCC(CCCc1ccc(F)cc1F)C(OC(C)C)(OC(C)C)OC(C)C. The van der Waals surface area contributed by atoms with Gasteiger partial charge in [-0.2, -0.15) is 0 Å². The highest BCUT2D eigenvalue weighted by molar-refractivity contribution is 5.18. The lowest BCUT2D eigenvalue weighted by Gasteiger charge is -2.43. The number of unbranched alkanes of at least 4 members (excludes halogenated alkanes) is 5. The van der Waals surface area contributed by atoms with E-state index in [0.29, 0.717) is 12.0 Å². The summed E-state index contributed by atoms with van der Waals surface area (Å²) in [5.74, 6) is -2.15. The lowest BCUT2D eigenvalue weighted by atomic mass is 9.91. The highest BCUT2D eigenvalue weighted by atomic mass is 19.1. The third kappa shape index (κ3) is 11.8. The van der Waals surface area contributed by atoms with Gasteiger partial charge in [-0.05, 0) is 78.9 Å². The van der Waals surface area contributed by atoms with Gasteiger partial charge in [0, 0.05) is 12.0 Å². The van der Waals surface area contributed by atoms with Gasteiger partial charge in [-0.25, -0.2) is 8.78 Å². The van der Waals surface area contributed by atoms with Crippen LogP contribution in [0.15, 0.2) is 18.2 Å². The molecule has 1 aromatic rings. The predicted molar refractivity (Wildman–Crippen MR) is 132 cm³/mol. The average molecular weight is 471 g/mol. The maximum atomic E-state index is 14.2. The molecular formula is C28H48F2O3. The van der Waals surface area contributed by atoms with Crippen LogP contribution in [-0.2, 0) is 20.6 Å². The second-order valence-electron chi connectivity index (χ2n) is 9.98. The van der Waals surface area contributed by atoms with Crippen LogP contribution in [0.2, 0.25) is 0 Å². The molecule has 192 valence electrons. The summed E-state index contributed by atoms with van der Waals surface area (Å²) in [4.78, 5) is 0. The Morgan fingerprint density at radius 2 is 1.24 bits per heavy atom. The van der Waals surface area contributed by atoms with E-state index in [1.165, 1.54) is 38.2 Å². The van der Waals surface area contributed by atoms with Crippen molar-refractivity contribution in [1.29, 1.82) is 0 Å². The first-order valence-corrected chi connectivity index (χ1v) is 13.1. The number of hydrogen-bond acceptors (Lipinski definition) is 3. The zero-order chi connectivity index (χ0) is 24.9. The monoisotopic (exact) mass is 470 g/mol. The number of benzene rings is 1. The third-order valence-corrected chi connectivity index (χ3v) is 5.62. The Bertz CT molecular complexity index is 620. The summed E-state index contributed by atoms with van der Waals surface area (Å²) in [6.45, 7) is 14.2. The molecule has 3 nitrogen and oxygen atoms in total. The number of ether oxygens (including phenoxy) is 3. The van der Waals surface area contributed by atoms with Gasteiger partial charge in [0.2, 0.25) is 0 Å². The van der Waals surface area contributed by atoms with E-state index in [2.05, 4.69) is 6.92 Å².